The Bertz CT molecular complexity index is 388. The van der Waals surface area contributed by atoms with Gasteiger partial charge >= 0.3 is 0 Å². The fraction of sp³-hybridized carbons (Fsp3) is 0.769. The predicted molar refractivity (Wildman–Crippen MR) is 77.9 cm³/mol. The second-order valence-corrected chi connectivity index (χ2v) is 6.25. The van der Waals surface area contributed by atoms with Crippen LogP contribution >= 0.6 is 15.9 Å². The average molecular weight is 315 g/mol. The van der Waals surface area contributed by atoms with Crippen molar-refractivity contribution in [3.05, 3.63) is 16.4 Å². The first-order valence-corrected chi connectivity index (χ1v) is 7.44. The first-order valence-electron chi connectivity index (χ1n) is 6.65. The number of nitrogens with zero attached hydrogens (tertiary/aromatic N) is 3. The summed E-state index contributed by atoms with van der Waals surface area (Å²) in [5.74, 6) is 0.640. The number of aromatic nitrogens is 2. The number of hydrogen-bond acceptors (Lipinski definition) is 3. The van der Waals surface area contributed by atoms with E-state index in [1.165, 1.54) is 29.4 Å². The molecule has 1 saturated carbocycles. The average Bonchev–Trinajstić information content (AvgIpc) is 2.92. The van der Waals surface area contributed by atoms with Gasteiger partial charge in [-0.2, -0.15) is 5.10 Å². The molecule has 102 valence electrons. The minimum Gasteiger partial charge on any atom is -0.317 e. The van der Waals surface area contributed by atoms with Gasteiger partial charge < -0.3 is 10.2 Å². The molecule has 1 aromatic rings. The summed E-state index contributed by atoms with van der Waals surface area (Å²) in [6.07, 6.45) is 5.70. The molecule has 0 aliphatic heterocycles. The summed E-state index contributed by atoms with van der Waals surface area (Å²) < 4.78 is 3.34. The van der Waals surface area contributed by atoms with E-state index in [9.17, 15) is 0 Å². The SMILES string of the molecule is CNC1CCC(c2c(Br)cnn2CCN(C)C)C1. The molecule has 1 aliphatic rings. The molecule has 4 nitrogen and oxygen atoms in total. The quantitative estimate of drug-likeness (QED) is 0.903. The van der Waals surface area contributed by atoms with Gasteiger partial charge in [0.1, 0.15) is 0 Å². The maximum atomic E-state index is 4.51. The summed E-state index contributed by atoms with van der Waals surface area (Å²) in [5.41, 5.74) is 1.38. The van der Waals surface area contributed by atoms with E-state index in [2.05, 4.69) is 57.1 Å². The minimum atomic E-state index is 0.640. The minimum absolute atomic E-state index is 0.640. The van der Waals surface area contributed by atoms with Crippen LogP contribution in [0.15, 0.2) is 10.7 Å². The molecule has 0 amide bonds. The zero-order valence-electron chi connectivity index (χ0n) is 11.5. The van der Waals surface area contributed by atoms with Crippen LogP contribution in [-0.2, 0) is 6.54 Å². The van der Waals surface area contributed by atoms with Crippen LogP contribution in [0.1, 0.15) is 30.9 Å². The number of halogens is 1. The van der Waals surface area contributed by atoms with Crippen molar-refractivity contribution in [2.75, 3.05) is 27.7 Å². The maximum Gasteiger partial charge on any atom is 0.0635 e. The summed E-state index contributed by atoms with van der Waals surface area (Å²) in [6, 6.07) is 0.666. The molecule has 0 spiro atoms. The highest BCUT2D eigenvalue weighted by Gasteiger charge is 2.28. The third kappa shape index (κ3) is 3.13. The fourth-order valence-electron chi connectivity index (χ4n) is 2.74. The molecule has 2 atom stereocenters. The molecule has 18 heavy (non-hydrogen) atoms. The van der Waals surface area contributed by atoms with E-state index < -0.39 is 0 Å². The Labute approximate surface area is 118 Å². The summed E-state index contributed by atoms with van der Waals surface area (Å²) in [5, 5.41) is 7.90. The molecule has 1 aliphatic carbocycles. The lowest BCUT2D eigenvalue weighted by atomic mass is 10.0. The smallest absolute Gasteiger partial charge is 0.0635 e. The third-order valence-electron chi connectivity index (χ3n) is 3.82. The van der Waals surface area contributed by atoms with Crippen LogP contribution in [0.2, 0.25) is 0 Å². The van der Waals surface area contributed by atoms with Crippen LogP contribution in [0.25, 0.3) is 0 Å². The maximum absolute atomic E-state index is 4.51. The van der Waals surface area contributed by atoms with Crippen molar-refractivity contribution in [2.45, 2.75) is 37.8 Å². The van der Waals surface area contributed by atoms with Gasteiger partial charge in [-0.05, 0) is 56.3 Å². The number of nitrogens with one attached hydrogen (secondary N) is 1. The van der Waals surface area contributed by atoms with Gasteiger partial charge in [-0.3, -0.25) is 4.68 Å². The molecule has 2 rings (SSSR count). The first-order chi connectivity index (χ1) is 8.61. The van der Waals surface area contributed by atoms with Gasteiger partial charge in [0.15, 0.2) is 0 Å². The standard InChI is InChI=1S/C13H23BrN4/c1-15-11-5-4-10(8-11)13-12(14)9-16-18(13)7-6-17(2)3/h9-11,15H,4-8H2,1-3H3. The molecule has 1 aromatic heterocycles. The van der Waals surface area contributed by atoms with Crippen LogP contribution in [-0.4, -0.2) is 48.4 Å². The van der Waals surface area contributed by atoms with Gasteiger partial charge in [-0.1, -0.05) is 0 Å². The Morgan fingerprint density at radius 2 is 2.28 bits per heavy atom. The summed E-state index contributed by atoms with van der Waals surface area (Å²) in [6.45, 7) is 2.00. The van der Waals surface area contributed by atoms with E-state index in [0.717, 1.165) is 13.1 Å². The van der Waals surface area contributed by atoms with Gasteiger partial charge in [0.2, 0.25) is 0 Å². The summed E-state index contributed by atoms with van der Waals surface area (Å²) in [7, 11) is 6.26. The van der Waals surface area contributed by atoms with E-state index in [0.29, 0.717) is 12.0 Å². The van der Waals surface area contributed by atoms with E-state index in [-0.39, 0.29) is 0 Å². The van der Waals surface area contributed by atoms with Crippen molar-refractivity contribution in [3.8, 4) is 0 Å². The Morgan fingerprint density at radius 3 is 2.89 bits per heavy atom. The second kappa shape index (κ2) is 6.17. The van der Waals surface area contributed by atoms with Crippen molar-refractivity contribution < 1.29 is 0 Å². The van der Waals surface area contributed by atoms with Crippen LogP contribution < -0.4 is 5.32 Å². The highest BCUT2D eigenvalue weighted by Crippen LogP contribution is 2.37. The molecule has 1 N–H and O–H groups in total. The normalized spacial score (nSPS) is 24.1. The van der Waals surface area contributed by atoms with Crippen molar-refractivity contribution in [2.24, 2.45) is 0 Å². The Hall–Kier alpha value is -0.390. The van der Waals surface area contributed by atoms with E-state index in [1.54, 1.807) is 0 Å². The number of hydrogen-bond donors (Lipinski definition) is 1. The van der Waals surface area contributed by atoms with Crippen molar-refractivity contribution in [1.82, 2.24) is 20.0 Å². The highest BCUT2D eigenvalue weighted by atomic mass is 79.9. The summed E-state index contributed by atoms with van der Waals surface area (Å²) in [4.78, 5) is 2.20. The molecule has 2 unspecified atom stereocenters. The van der Waals surface area contributed by atoms with Crippen LogP contribution in [0.4, 0.5) is 0 Å². The second-order valence-electron chi connectivity index (χ2n) is 5.40. The number of likely N-dealkylation sites (N-methyl/N-ethyl adjacent to an activating group) is 1. The van der Waals surface area contributed by atoms with Crippen LogP contribution in [0, 0.1) is 0 Å². The van der Waals surface area contributed by atoms with Crippen molar-refractivity contribution in [3.63, 3.8) is 0 Å². The molecule has 0 bridgehead atoms. The molecular formula is C13H23BrN4. The Kier molecular flexibility index (Phi) is 4.81. The van der Waals surface area contributed by atoms with Crippen LogP contribution in [0.5, 0.6) is 0 Å². The van der Waals surface area contributed by atoms with Gasteiger partial charge in [-0.25, -0.2) is 0 Å². The van der Waals surface area contributed by atoms with E-state index in [1.807, 2.05) is 6.20 Å². The molecule has 5 heteroatoms. The molecule has 0 saturated heterocycles. The van der Waals surface area contributed by atoms with E-state index in [4.69, 9.17) is 0 Å². The van der Waals surface area contributed by atoms with Gasteiger partial charge in [0, 0.05) is 18.5 Å². The largest absolute Gasteiger partial charge is 0.317 e. The predicted octanol–water partition coefficient (Wildman–Crippen LogP) is 2.06. The summed E-state index contributed by atoms with van der Waals surface area (Å²) >= 11 is 3.66. The molecule has 0 radical (unpaired) electrons. The fourth-order valence-corrected chi connectivity index (χ4v) is 3.36. The van der Waals surface area contributed by atoms with Gasteiger partial charge in [0.25, 0.3) is 0 Å². The van der Waals surface area contributed by atoms with Gasteiger partial charge in [-0.15, -0.1) is 0 Å². The highest BCUT2D eigenvalue weighted by molar-refractivity contribution is 9.10. The van der Waals surface area contributed by atoms with Crippen molar-refractivity contribution in [1.29, 1.82) is 0 Å². The van der Waals surface area contributed by atoms with Crippen LogP contribution in [0.3, 0.4) is 0 Å². The topological polar surface area (TPSA) is 33.1 Å². The lowest BCUT2D eigenvalue weighted by molar-refractivity contribution is 0.366. The molecule has 1 fully saturated rings. The van der Waals surface area contributed by atoms with E-state index >= 15 is 0 Å². The third-order valence-corrected chi connectivity index (χ3v) is 4.43. The first kappa shape index (κ1) is 14.0. The molecule has 0 aromatic carbocycles. The Morgan fingerprint density at radius 1 is 1.50 bits per heavy atom. The molecule has 1 heterocycles. The monoisotopic (exact) mass is 314 g/mol. The lowest BCUT2D eigenvalue weighted by Crippen LogP contribution is -2.22. The molecular weight excluding hydrogens is 292 g/mol. The zero-order chi connectivity index (χ0) is 13.1. The number of rotatable bonds is 5. The van der Waals surface area contributed by atoms with Crippen molar-refractivity contribution >= 4 is 15.9 Å². The lowest BCUT2D eigenvalue weighted by Gasteiger charge is -2.16. The Balaban J connectivity index is 2.09. The zero-order valence-corrected chi connectivity index (χ0v) is 13.1. The van der Waals surface area contributed by atoms with Gasteiger partial charge in [0.05, 0.1) is 22.9 Å².